The average Bonchev–Trinajstić information content (AvgIpc) is 3.37. The second-order valence-corrected chi connectivity index (χ2v) is 8.74. The van der Waals surface area contributed by atoms with E-state index in [9.17, 15) is 14.7 Å². The van der Waals surface area contributed by atoms with Crippen LogP contribution in [-0.4, -0.2) is 33.9 Å². The third-order valence-electron chi connectivity index (χ3n) is 5.35. The first-order valence-corrected chi connectivity index (χ1v) is 11.1. The predicted octanol–water partition coefficient (Wildman–Crippen LogP) is 4.98. The molecule has 1 atom stereocenters. The van der Waals surface area contributed by atoms with Crippen molar-refractivity contribution in [2.24, 2.45) is 0 Å². The van der Waals surface area contributed by atoms with Crippen LogP contribution in [0.4, 0.5) is 5.13 Å². The van der Waals surface area contributed by atoms with E-state index in [0.29, 0.717) is 32.5 Å². The summed E-state index contributed by atoms with van der Waals surface area (Å²) in [6.07, 6.45) is 3.01. The van der Waals surface area contributed by atoms with E-state index >= 15 is 0 Å². The van der Waals surface area contributed by atoms with Crippen LogP contribution >= 0.6 is 22.9 Å². The zero-order chi connectivity index (χ0) is 23.1. The highest BCUT2D eigenvalue weighted by atomic mass is 35.5. The maximum Gasteiger partial charge on any atom is 0.301 e. The van der Waals surface area contributed by atoms with E-state index in [4.69, 9.17) is 16.3 Å². The van der Waals surface area contributed by atoms with Gasteiger partial charge >= 0.3 is 5.91 Å². The lowest BCUT2D eigenvalue weighted by atomic mass is 9.95. The van der Waals surface area contributed by atoms with Crippen LogP contribution in [0.15, 0.2) is 72.6 Å². The highest BCUT2D eigenvalue weighted by molar-refractivity contribution is 7.22. The lowest BCUT2D eigenvalue weighted by molar-refractivity contribution is -0.132. The number of aliphatic hydroxyl groups is 1. The minimum absolute atomic E-state index is 0.0308. The van der Waals surface area contributed by atoms with Crippen LogP contribution in [-0.2, 0) is 9.59 Å². The summed E-state index contributed by atoms with van der Waals surface area (Å²) in [5, 5.41) is 12.0. The molecule has 5 rings (SSSR count). The molecule has 2 aromatic carbocycles. The van der Waals surface area contributed by atoms with Crippen LogP contribution in [0.25, 0.3) is 16.0 Å². The number of hydrogen-bond donors (Lipinski definition) is 1. The topological polar surface area (TPSA) is 92.6 Å². The number of anilines is 1. The van der Waals surface area contributed by atoms with Gasteiger partial charge in [0, 0.05) is 23.0 Å². The molecule has 0 bridgehead atoms. The summed E-state index contributed by atoms with van der Waals surface area (Å²) in [5.41, 5.74) is 1.60. The van der Waals surface area contributed by atoms with E-state index in [-0.39, 0.29) is 11.3 Å². The van der Waals surface area contributed by atoms with E-state index in [1.807, 2.05) is 0 Å². The van der Waals surface area contributed by atoms with Crippen LogP contribution in [0, 0.1) is 0 Å². The first-order chi connectivity index (χ1) is 16.0. The minimum Gasteiger partial charge on any atom is -0.507 e. The number of hydrogen-bond acceptors (Lipinski definition) is 7. The third-order valence-corrected chi connectivity index (χ3v) is 6.61. The molecule has 1 unspecified atom stereocenters. The van der Waals surface area contributed by atoms with Gasteiger partial charge in [0.25, 0.3) is 5.78 Å². The van der Waals surface area contributed by atoms with Crippen LogP contribution in [0.1, 0.15) is 17.2 Å². The number of thiazole rings is 1. The Hall–Kier alpha value is -3.75. The standard InChI is InChI=1S/C24H16ClN3O4S/c1-32-16-4-2-3-14(11-16)20-19(21(29)13-7-9-26-10-8-13)22(30)23(31)28(20)24-27-17-6-5-15(25)12-18(17)33-24/h2-12,20,29H,1H3. The van der Waals surface area contributed by atoms with Gasteiger partial charge in [0.2, 0.25) is 0 Å². The summed E-state index contributed by atoms with van der Waals surface area (Å²) in [6.45, 7) is 0. The summed E-state index contributed by atoms with van der Waals surface area (Å²) in [7, 11) is 1.53. The van der Waals surface area contributed by atoms with E-state index in [1.54, 1.807) is 54.6 Å². The average molecular weight is 478 g/mol. The fraction of sp³-hybridized carbons (Fsp3) is 0.0833. The van der Waals surface area contributed by atoms with Crippen LogP contribution in [0.5, 0.6) is 5.75 Å². The van der Waals surface area contributed by atoms with Crippen molar-refractivity contribution in [3.63, 3.8) is 0 Å². The molecule has 2 aromatic heterocycles. The van der Waals surface area contributed by atoms with Crippen molar-refractivity contribution in [3.8, 4) is 5.75 Å². The maximum absolute atomic E-state index is 13.3. The molecular weight excluding hydrogens is 462 g/mol. The number of ether oxygens (including phenoxy) is 1. The first kappa shape index (κ1) is 21.1. The number of fused-ring (bicyclic) bond motifs is 1. The van der Waals surface area contributed by atoms with Gasteiger partial charge in [-0.15, -0.1) is 0 Å². The van der Waals surface area contributed by atoms with Gasteiger partial charge in [0.1, 0.15) is 11.5 Å². The first-order valence-electron chi connectivity index (χ1n) is 9.89. The number of nitrogens with zero attached hydrogens (tertiary/aromatic N) is 3. The van der Waals surface area contributed by atoms with Crippen LogP contribution in [0.2, 0.25) is 5.02 Å². The van der Waals surface area contributed by atoms with E-state index in [2.05, 4.69) is 9.97 Å². The fourth-order valence-corrected chi connectivity index (χ4v) is 5.08. The molecule has 0 radical (unpaired) electrons. The van der Waals surface area contributed by atoms with E-state index in [0.717, 1.165) is 4.70 Å². The molecule has 1 fully saturated rings. The number of aromatic nitrogens is 2. The molecule has 1 amide bonds. The molecule has 3 heterocycles. The van der Waals surface area contributed by atoms with E-state index < -0.39 is 17.7 Å². The number of benzene rings is 2. The molecule has 9 heteroatoms. The highest BCUT2D eigenvalue weighted by Gasteiger charge is 2.48. The van der Waals surface area contributed by atoms with Gasteiger partial charge in [-0.25, -0.2) is 4.98 Å². The number of methoxy groups -OCH3 is 1. The number of carbonyl (C=O) groups is 2. The Bertz CT molecular complexity index is 1430. The largest absolute Gasteiger partial charge is 0.507 e. The molecule has 1 N–H and O–H groups in total. The van der Waals surface area contributed by atoms with Gasteiger partial charge in [0.15, 0.2) is 5.13 Å². The number of amides is 1. The molecule has 1 aliphatic rings. The van der Waals surface area contributed by atoms with Crippen molar-refractivity contribution in [2.45, 2.75) is 6.04 Å². The molecule has 164 valence electrons. The Morgan fingerprint density at radius 3 is 2.67 bits per heavy atom. The highest BCUT2D eigenvalue weighted by Crippen LogP contribution is 2.45. The van der Waals surface area contributed by atoms with Crippen LogP contribution < -0.4 is 9.64 Å². The van der Waals surface area contributed by atoms with Gasteiger partial charge < -0.3 is 9.84 Å². The quantitative estimate of drug-likeness (QED) is 0.253. The van der Waals surface area contributed by atoms with Crippen molar-refractivity contribution in [2.75, 3.05) is 12.0 Å². The smallest absolute Gasteiger partial charge is 0.301 e. The summed E-state index contributed by atoms with van der Waals surface area (Å²) in [6, 6.07) is 14.5. The molecule has 4 aromatic rings. The summed E-state index contributed by atoms with van der Waals surface area (Å²) in [5.74, 6) is -1.30. The van der Waals surface area contributed by atoms with Crippen molar-refractivity contribution < 1.29 is 19.4 Å². The number of carbonyl (C=O) groups excluding carboxylic acids is 2. The normalized spacial score (nSPS) is 17.6. The number of aliphatic hydroxyl groups excluding tert-OH is 1. The summed E-state index contributed by atoms with van der Waals surface area (Å²) < 4.78 is 6.12. The molecular formula is C24H16ClN3O4S. The van der Waals surface area contributed by atoms with E-state index in [1.165, 1.54) is 35.7 Å². The third kappa shape index (κ3) is 3.63. The number of ketones is 1. The Kier molecular flexibility index (Phi) is 5.32. The van der Waals surface area contributed by atoms with Crippen molar-refractivity contribution in [3.05, 3.63) is 88.7 Å². The van der Waals surface area contributed by atoms with Gasteiger partial charge in [-0.05, 0) is 48.0 Å². The lowest BCUT2D eigenvalue weighted by Gasteiger charge is -2.23. The van der Waals surface area contributed by atoms with Gasteiger partial charge in [-0.3, -0.25) is 19.5 Å². The molecule has 33 heavy (non-hydrogen) atoms. The molecule has 1 aliphatic heterocycles. The number of pyridine rings is 1. The van der Waals surface area contributed by atoms with Crippen molar-refractivity contribution in [1.82, 2.24) is 9.97 Å². The maximum atomic E-state index is 13.3. The molecule has 7 nitrogen and oxygen atoms in total. The van der Waals surface area contributed by atoms with Crippen LogP contribution in [0.3, 0.4) is 0 Å². The second kappa shape index (κ2) is 8.31. The summed E-state index contributed by atoms with van der Waals surface area (Å²) >= 11 is 7.36. The monoisotopic (exact) mass is 477 g/mol. The molecule has 1 saturated heterocycles. The minimum atomic E-state index is -0.899. The molecule has 0 saturated carbocycles. The Morgan fingerprint density at radius 1 is 1.12 bits per heavy atom. The Labute approximate surface area is 197 Å². The zero-order valence-electron chi connectivity index (χ0n) is 17.2. The second-order valence-electron chi connectivity index (χ2n) is 7.29. The number of halogens is 1. The zero-order valence-corrected chi connectivity index (χ0v) is 18.8. The fourth-order valence-electron chi connectivity index (χ4n) is 3.81. The predicted molar refractivity (Wildman–Crippen MR) is 127 cm³/mol. The number of Topliss-reactive ketones (excluding diaryl/α,β-unsaturated/α-hetero) is 1. The van der Waals surface area contributed by atoms with Gasteiger partial charge in [-0.1, -0.05) is 35.1 Å². The summed E-state index contributed by atoms with van der Waals surface area (Å²) in [4.78, 5) is 36.3. The van der Waals surface area contributed by atoms with Gasteiger partial charge in [-0.2, -0.15) is 0 Å². The molecule has 0 spiro atoms. The Balaban J connectivity index is 1.74. The lowest BCUT2D eigenvalue weighted by Crippen LogP contribution is -2.29. The number of rotatable bonds is 4. The molecule has 0 aliphatic carbocycles. The Morgan fingerprint density at radius 2 is 1.91 bits per heavy atom. The van der Waals surface area contributed by atoms with Gasteiger partial charge in [0.05, 0.1) is 28.9 Å². The van der Waals surface area contributed by atoms with Crippen molar-refractivity contribution in [1.29, 1.82) is 0 Å². The SMILES string of the molecule is COc1cccc(C2C(=C(O)c3ccncc3)C(=O)C(=O)N2c2nc3ccc(Cl)cc3s2)c1. The van der Waals surface area contributed by atoms with Crippen molar-refractivity contribution >= 4 is 55.7 Å².